The number of benzene rings is 1. The Balaban J connectivity index is 3.25. The van der Waals surface area contributed by atoms with Crippen LogP contribution in [0.3, 0.4) is 0 Å². The van der Waals surface area contributed by atoms with E-state index in [9.17, 15) is 9.90 Å². The second-order valence-corrected chi connectivity index (χ2v) is 3.52. The number of carbonyl (C=O) groups is 1. The van der Waals surface area contributed by atoms with E-state index in [1.54, 1.807) is 19.9 Å². The minimum Gasteiger partial charge on any atom is -0.507 e. The van der Waals surface area contributed by atoms with E-state index in [1.165, 1.54) is 0 Å². The summed E-state index contributed by atoms with van der Waals surface area (Å²) in [5.41, 5.74) is 3.12. The van der Waals surface area contributed by atoms with E-state index in [1.807, 2.05) is 6.92 Å². The van der Waals surface area contributed by atoms with Crippen molar-refractivity contribution in [3.63, 3.8) is 0 Å². The van der Waals surface area contributed by atoms with Crippen LogP contribution in [-0.4, -0.2) is 16.2 Å². The number of rotatable bonds is 2. The van der Waals surface area contributed by atoms with Crippen LogP contribution in [0.1, 0.15) is 22.3 Å². The van der Waals surface area contributed by atoms with Gasteiger partial charge in [-0.15, -0.1) is 0 Å². The van der Waals surface area contributed by atoms with Crippen molar-refractivity contribution in [3.8, 4) is 5.75 Å². The van der Waals surface area contributed by atoms with Crippen LogP contribution in [-0.2, 0) is 11.2 Å². The van der Waals surface area contributed by atoms with Crippen molar-refractivity contribution in [2.75, 3.05) is 0 Å². The Morgan fingerprint density at radius 2 is 1.86 bits per heavy atom. The van der Waals surface area contributed by atoms with Gasteiger partial charge in [-0.2, -0.15) is 0 Å². The van der Waals surface area contributed by atoms with E-state index < -0.39 is 5.97 Å². The normalized spacial score (nSPS) is 10.2. The average Bonchev–Trinajstić information content (AvgIpc) is 2.10. The van der Waals surface area contributed by atoms with Crippen LogP contribution in [0.4, 0.5) is 0 Å². The molecule has 14 heavy (non-hydrogen) atoms. The number of phenolic OH excluding ortho intramolecular Hbond substituents is 1. The first-order valence-corrected chi connectivity index (χ1v) is 4.44. The van der Waals surface area contributed by atoms with E-state index in [0.29, 0.717) is 0 Å². The van der Waals surface area contributed by atoms with Gasteiger partial charge in [0.05, 0.1) is 6.42 Å². The first-order chi connectivity index (χ1) is 6.43. The van der Waals surface area contributed by atoms with Gasteiger partial charge in [-0.3, -0.25) is 4.79 Å². The summed E-state index contributed by atoms with van der Waals surface area (Å²) in [5, 5.41) is 18.3. The molecule has 76 valence electrons. The number of hydrogen-bond donors (Lipinski definition) is 2. The maximum absolute atomic E-state index is 10.6. The first kappa shape index (κ1) is 10.6. The minimum atomic E-state index is -0.849. The summed E-state index contributed by atoms with van der Waals surface area (Å²) in [6.07, 6.45) is 0.00773. The molecule has 0 atom stereocenters. The van der Waals surface area contributed by atoms with E-state index in [-0.39, 0.29) is 12.2 Å². The molecule has 2 N–H and O–H groups in total. The molecular formula is C11H14O3. The molecule has 0 aliphatic rings. The molecule has 0 fully saturated rings. The summed E-state index contributed by atoms with van der Waals surface area (Å²) in [4.78, 5) is 10.6. The lowest BCUT2D eigenvalue weighted by molar-refractivity contribution is -0.136. The smallest absolute Gasteiger partial charge is 0.307 e. The van der Waals surface area contributed by atoms with Gasteiger partial charge in [0, 0.05) is 0 Å². The van der Waals surface area contributed by atoms with Crippen LogP contribution in [0.5, 0.6) is 5.75 Å². The van der Waals surface area contributed by atoms with Gasteiger partial charge < -0.3 is 10.2 Å². The molecule has 0 saturated carbocycles. The molecule has 3 nitrogen and oxygen atoms in total. The zero-order valence-electron chi connectivity index (χ0n) is 8.59. The predicted octanol–water partition coefficient (Wildman–Crippen LogP) is 1.94. The Bertz CT molecular complexity index is 381. The highest BCUT2D eigenvalue weighted by Gasteiger charge is 2.11. The van der Waals surface area contributed by atoms with Gasteiger partial charge in [-0.25, -0.2) is 0 Å². The highest BCUT2D eigenvalue weighted by Crippen LogP contribution is 2.27. The van der Waals surface area contributed by atoms with Crippen molar-refractivity contribution in [2.24, 2.45) is 0 Å². The van der Waals surface area contributed by atoms with Gasteiger partial charge in [-0.05, 0) is 43.0 Å². The van der Waals surface area contributed by atoms with E-state index >= 15 is 0 Å². The van der Waals surface area contributed by atoms with Crippen LogP contribution in [0.15, 0.2) is 6.07 Å². The van der Waals surface area contributed by atoms with Gasteiger partial charge in [0.2, 0.25) is 0 Å². The molecule has 0 aliphatic carbocycles. The second kappa shape index (κ2) is 3.70. The summed E-state index contributed by atoms with van der Waals surface area (Å²) in [7, 11) is 0. The number of carboxylic acid groups (broad SMARTS) is 1. The van der Waals surface area contributed by atoms with Crippen molar-refractivity contribution in [1.29, 1.82) is 0 Å². The summed E-state index contributed by atoms with van der Waals surface area (Å²) in [6, 6.07) is 1.73. The Kier molecular flexibility index (Phi) is 2.79. The van der Waals surface area contributed by atoms with Crippen molar-refractivity contribution in [2.45, 2.75) is 27.2 Å². The van der Waals surface area contributed by atoms with Gasteiger partial charge in [-0.1, -0.05) is 6.07 Å². The molecule has 0 amide bonds. The molecule has 3 heteroatoms. The fraction of sp³-hybridized carbons (Fsp3) is 0.364. The Morgan fingerprint density at radius 1 is 1.29 bits per heavy atom. The SMILES string of the molecule is Cc1cc(CC(=O)O)c(C)c(C)c1O. The number of phenols is 1. The highest BCUT2D eigenvalue weighted by molar-refractivity contribution is 5.71. The fourth-order valence-electron chi connectivity index (χ4n) is 1.50. The average molecular weight is 194 g/mol. The van der Waals surface area contributed by atoms with Crippen LogP contribution in [0, 0.1) is 20.8 Å². The van der Waals surface area contributed by atoms with Gasteiger partial charge in [0.25, 0.3) is 0 Å². The molecule has 0 aliphatic heterocycles. The number of aromatic hydroxyl groups is 1. The van der Waals surface area contributed by atoms with Crippen molar-refractivity contribution >= 4 is 5.97 Å². The molecule has 1 rings (SSSR count). The molecule has 1 aromatic rings. The van der Waals surface area contributed by atoms with Gasteiger partial charge in [0.1, 0.15) is 5.75 Å². The topological polar surface area (TPSA) is 57.5 Å². The lowest BCUT2D eigenvalue weighted by Gasteiger charge is -2.11. The lowest BCUT2D eigenvalue weighted by Crippen LogP contribution is -2.03. The first-order valence-electron chi connectivity index (χ1n) is 4.44. The number of aliphatic carboxylic acids is 1. The summed E-state index contributed by atoms with van der Waals surface area (Å²) in [5.74, 6) is -0.589. The van der Waals surface area contributed by atoms with E-state index in [2.05, 4.69) is 0 Å². The van der Waals surface area contributed by atoms with Crippen LogP contribution in [0.25, 0.3) is 0 Å². The third kappa shape index (κ3) is 1.87. The van der Waals surface area contributed by atoms with Crippen LogP contribution >= 0.6 is 0 Å². The van der Waals surface area contributed by atoms with E-state index in [0.717, 1.165) is 22.3 Å². The maximum Gasteiger partial charge on any atom is 0.307 e. The summed E-state index contributed by atoms with van der Waals surface area (Å²) in [6.45, 7) is 5.39. The molecule has 0 radical (unpaired) electrons. The Morgan fingerprint density at radius 3 is 2.36 bits per heavy atom. The van der Waals surface area contributed by atoms with Gasteiger partial charge in [0.15, 0.2) is 0 Å². The summed E-state index contributed by atoms with van der Waals surface area (Å²) < 4.78 is 0. The maximum atomic E-state index is 10.6. The highest BCUT2D eigenvalue weighted by atomic mass is 16.4. The van der Waals surface area contributed by atoms with Crippen LogP contribution < -0.4 is 0 Å². The second-order valence-electron chi connectivity index (χ2n) is 3.52. The summed E-state index contributed by atoms with van der Waals surface area (Å²) >= 11 is 0. The molecule has 0 unspecified atom stereocenters. The fourth-order valence-corrected chi connectivity index (χ4v) is 1.50. The molecule has 0 saturated heterocycles. The zero-order chi connectivity index (χ0) is 10.9. The quantitative estimate of drug-likeness (QED) is 0.756. The van der Waals surface area contributed by atoms with Gasteiger partial charge >= 0.3 is 5.97 Å². The van der Waals surface area contributed by atoms with E-state index in [4.69, 9.17) is 5.11 Å². The number of carboxylic acids is 1. The monoisotopic (exact) mass is 194 g/mol. The van der Waals surface area contributed by atoms with Crippen molar-refractivity contribution in [3.05, 3.63) is 28.3 Å². The van der Waals surface area contributed by atoms with Crippen molar-refractivity contribution in [1.82, 2.24) is 0 Å². The molecule has 1 aromatic carbocycles. The molecule has 0 aromatic heterocycles. The molecular weight excluding hydrogens is 180 g/mol. The molecule has 0 spiro atoms. The Hall–Kier alpha value is -1.51. The van der Waals surface area contributed by atoms with Crippen molar-refractivity contribution < 1.29 is 15.0 Å². The third-order valence-electron chi connectivity index (χ3n) is 2.51. The number of hydrogen-bond acceptors (Lipinski definition) is 2. The predicted molar refractivity (Wildman–Crippen MR) is 53.7 cm³/mol. The molecule has 0 bridgehead atoms. The minimum absolute atomic E-state index is 0.00773. The van der Waals surface area contributed by atoms with Crippen LogP contribution in [0.2, 0.25) is 0 Å². The largest absolute Gasteiger partial charge is 0.507 e. The standard InChI is InChI=1S/C11H14O3/c1-6-4-9(5-10(12)13)7(2)8(3)11(6)14/h4,14H,5H2,1-3H3,(H,12,13). The zero-order valence-corrected chi connectivity index (χ0v) is 8.59. The third-order valence-corrected chi connectivity index (χ3v) is 2.51. The Labute approximate surface area is 83.0 Å². The number of aryl methyl sites for hydroxylation is 1. The lowest BCUT2D eigenvalue weighted by atomic mass is 9.97. The molecule has 0 heterocycles.